The molecule has 6 nitrogen and oxygen atoms in total. The minimum Gasteiger partial charge on any atom is -0.549 e. The summed E-state index contributed by atoms with van der Waals surface area (Å²) in [6.45, 7) is 2.92. The second-order valence-corrected chi connectivity index (χ2v) is 6.29. The van der Waals surface area contributed by atoms with Gasteiger partial charge in [0, 0.05) is 6.42 Å². The number of carbonyl (C=O) groups is 2. The van der Waals surface area contributed by atoms with Gasteiger partial charge in [0.2, 0.25) is 0 Å². The molecule has 0 aromatic heterocycles. The average molecular weight is 261 g/mol. The number of hydrogen-bond donors (Lipinski definition) is 2. The van der Waals surface area contributed by atoms with Crippen LogP contribution in [0.2, 0.25) is 0 Å². The van der Waals surface area contributed by atoms with Gasteiger partial charge in [-0.1, -0.05) is 0 Å². The number of ketones is 1. The molecule has 0 fully saturated rings. The number of nitrogens with zero attached hydrogens (tertiary/aromatic N) is 1. The first-order valence-electron chi connectivity index (χ1n) is 5.78. The van der Waals surface area contributed by atoms with Crippen LogP contribution >= 0.6 is 0 Å². The van der Waals surface area contributed by atoms with Gasteiger partial charge in [-0.2, -0.15) is 0 Å². The second kappa shape index (κ2) is 5.77. The van der Waals surface area contributed by atoms with Gasteiger partial charge in [0.15, 0.2) is 0 Å². The quantitative estimate of drug-likeness (QED) is 0.414. The van der Waals surface area contributed by atoms with E-state index in [1.807, 2.05) is 0 Å². The molecule has 0 amide bonds. The van der Waals surface area contributed by atoms with Crippen molar-refractivity contribution in [2.75, 3.05) is 27.7 Å². The SMILES string of the molecule is CC(C)(O)CC(=O)C(C(=O)[O-])C(O)C[N+](C)(C)C. The molecule has 106 valence electrons. The van der Waals surface area contributed by atoms with Gasteiger partial charge in [-0.25, -0.2) is 0 Å². The molecule has 0 bridgehead atoms. The van der Waals surface area contributed by atoms with Crippen LogP contribution in [0.25, 0.3) is 0 Å². The minimum atomic E-state index is -1.61. The molecule has 0 rings (SSSR count). The van der Waals surface area contributed by atoms with Crippen LogP contribution in [0.4, 0.5) is 0 Å². The number of hydrogen-bond acceptors (Lipinski definition) is 5. The molecule has 2 unspecified atom stereocenters. The summed E-state index contributed by atoms with van der Waals surface area (Å²) in [5, 5.41) is 30.3. The van der Waals surface area contributed by atoms with Gasteiger partial charge < -0.3 is 24.6 Å². The Hall–Kier alpha value is -0.980. The Morgan fingerprint density at radius 1 is 1.28 bits per heavy atom. The fraction of sp³-hybridized carbons (Fsp3) is 0.833. The lowest BCUT2D eigenvalue weighted by molar-refractivity contribution is -0.873. The predicted octanol–water partition coefficient (Wildman–Crippen LogP) is -1.85. The van der Waals surface area contributed by atoms with Crippen molar-refractivity contribution in [3.05, 3.63) is 0 Å². The fourth-order valence-electron chi connectivity index (χ4n) is 1.71. The first-order valence-corrected chi connectivity index (χ1v) is 5.78. The lowest BCUT2D eigenvalue weighted by Gasteiger charge is -2.31. The van der Waals surface area contributed by atoms with Crippen LogP contribution in [0.5, 0.6) is 0 Å². The zero-order chi connectivity index (χ0) is 14.7. The molecule has 0 aliphatic carbocycles. The van der Waals surface area contributed by atoms with E-state index in [9.17, 15) is 24.9 Å². The van der Waals surface area contributed by atoms with Gasteiger partial charge in [0.1, 0.15) is 18.4 Å². The molecular weight excluding hydrogens is 238 g/mol. The Morgan fingerprint density at radius 3 is 2.00 bits per heavy atom. The lowest BCUT2D eigenvalue weighted by Crippen LogP contribution is -2.51. The second-order valence-electron chi connectivity index (χ2n) is 6.29. The number of quaternary nitrogens is 1. The topological polar surface area (TPSA) is 97.7 Å². The van der Waals surface area contributed by atoms with E-state index in [1.165, 1.54) is 13.8 Å². The van der Waals surface area contributed by atoms with Gasteiger partial charge in [-0.05, 0) is 13.8 Å². The van der Waals surface area contributed by atoms with Crippen molar-refractivity contribution < 1.29 is 29.4 Å². The third-order valence-corrected chi connectivity index (χ3v) is 2.33. The maximum atomic E-state index is 11.8. The Bertz CT molecular complexity index is 313. The number of carboxylic acids is 1. The number of Topliss-reactive ketones (excluding diaryl/α,β-unsaturated/α-hetero) is 1. The van der Waals surface area contributed by atoms with E-state index in [4.69, 9.17) is 0 Å². The zero-order valence-corrected chi connectivity index (χ0v) is 11.6. The summed E-state index contributed by atoms with van der Waals surface area (Å²) < 4.78 is 0.320. The standard InChI is InChI=1S/C12H23NO5/c1-12(2,18)6-8(14)10(11(16)17)9(15)7-13(3,4)5/h9-10,15,18H,6-7H2,1-5H3. The molecular formula is C12H23NO5. The van der Waals surface area contributed by atoms with Gasteiger partial charge in [0.25, 0.3) is 0 Å². The van der Waals surface area contributed by atoms with E-state index in [1.54, 1.807) is 21.1 Å². The van der Waals surface area contributed by atoms with Crippen LogP contribution < -0.4 is 5.11 Å². The summed E-state index contributed by atoms with van der Waals surface area (Å²) >= 11 is 0. The Kier molecular flexibility index (Phi) is 5.46. The van der Waals surface area contributed by atoms with Crippen LogP contribution in [-0.4, -0.2) is 65.8 Å². The van der Waals surface area contributed by atoms with Crippen molar-refractivity contribution >= 4 is 11.8 Å². The Balaban J connectivity index is 4.87. The van der Waals surface area contributed by atoms with Crippen LogP contribution in [0.15, 0.2) is 0 Å². The summed E-state index contributed by atoms with van der Waals surface area (Å²) in [5.41, 5.74) is -1.30. The molecule has 0 heterocycles. The molecule has 0 saturated carbocycles. The van der Waals surface area contributed by atoms with Crippen LogP contribution in [0, 0.1) is 5.92 Å². The van der Waals surface area contributed by atoms with Gasteiger partial charge in [-0.3, -0.25) is 4.79 Å². The molecule has 0 aliphatic rings. The number of aliphatic hydroxyl groups excluding tert-OH is 1. The number of rotatable bonds is 7. The maximum Gasteiger partial charge on any atom is 0.147 e. The lowest BCUT2D eigenvalue weighted by atomic mass is 9.89. The van der Waals surface area contributed by atoms with Crippen molar-refractivity contribution in [2.45, 2.75) is 32.0 Å². The van der Waals surface area contributed by atoms with E-state index >= 15 is 0 Å². The van der Waals surface area contributed by atoms with Gasteiger partial charge >= 0.3 is 0 Å². The summed E-state index contributed by atoms with van der Waals surface area (Å²) in [5.74, 6) is -3.93. The van der Waals surface area contributed by atoms with Gasteiger partial charge in [0.05, 0.1) is 38.6 Å². The first-order chi connectivity index (χ1) is 7.83. The fourth-order valence-corrected chi connectivity index (χ4v) is 1.71. The van der Waals surface area contributed by atoms with Crippen molar-refractivity contribution in [2.24, 2.45) is 5.92 Å². The van der Waals surface area contributed by atoms with Gasteiger partial charge in [-0.15, -0.1) is 0 Å². The van der Waals surface area contributed by atoms with Crippen molar-refractivity contribution in [3.63, 3.8) is 0 Å². The molecule has 0 aliphatic heterocycles. The summed E-state index contributed by atoms with van der Waals surface area (Å²) in [6, 6.07) is 0. The Labute approximate surface area is 107 Å². The van der Waals surface area contributed by atoms with E-state index in [0.29, 0.717) is 4.48 Å². The van der Waals surface area contributed by atoms with E-state index in [0.717, 1.165) is 0 Å². The highest BCUT2D eigenvalue weighted by atomic mass is 16.4. The minimum absolute atomic E-state index is 0.107. The largest absolute Gasteiger partial charge is 0.549 e. The molecule has 18 heavy (non-hydrogen) atoms. The summed E-state index contributed by atoms with van der Waals surface area (Å²) in [7, 11) is 5.32. The van der Waals surface area contributed by atoms with Crippen LogP contribution in [0.3, 0.4) is 0 Å². The molecule has 2 atom stereocenters. The molecule has 0 saturated heterocycles. The number of carbonyl (C=O) groups excluding carboxylic acids is 2. The van der Waals surface area contributed by atoms with Crippen molar-refractivity contribution in [3.8, 4) is 0 Å². The monoisotopic (exact) mass is 261 g/mol. The number of carboxylic acid groups (broad SMARTS) is 1. The summed E-state index contributed by atoms with van der Waals surface area (Å²) in [6.07, 6.45) is -1.66. The first kappa shape index (κ1) is 17.0. The van der Waals surface area contributed by atoms with Crippen molar-refractivity contribution in [1.29, 1.82) is 0 Å². The third-order valence-electron chi connectivity index (χ3n) is 2.33. The number of aliphatic hydroxyl groups is 2. The van der Waals surface area contributed by atoms with Crippen molar-refractivity contribution in [1.82, 2.24) is 0 Å². The molecule has 6 heteroatoms. The number of aliphatic carboxylic acids is 1. The normalized spacial score (nSPS) is 16.2. The van der Waals surface area contributed by atoms with E-state index in [2.05, 4.69) is 0 Å². The Morgan fingerprint density at radius 2 is 1.72 bits per heavy atom. The third kappa shape index (κ3) is 6.68. The van der Waals surface area contributed by atoms with E-state index < -0.39 is 29.4 Å². The average Bonchev–Trinajstić information content (AvgIpc) is 1.93. The van der Waals surface area contributed by atoms with Crippen LogP contribution in [-0.2, 0) is 9.59 Å². The molecule has 0 aromatic carbocycles. The van der Waals surface area contributed by atoms with Crippen LogP contribution in [0.1, 0.15) is 20.3 Å². The molecule has 0 radical (unpaired) electrons. The molecule has 0 spiro atoms. The van der Waals surface area contributed by atoms with E-state index in [-0.39, 0.29) is 13.0 Å². The predicted molar refractivity (Wildman–Crippen MR) is 63.3 cm³/mol. The maximum absolute atomic E-state index is 11.8. The molecule has 0 aromatic rings. The highest BCUT2D eigenvalue weighted by Crippen LogP contribution is 2.16. The molecule has 2 N–H and O–H groups in total. The highest BCUT2D eigenvalue weighted by molar-refractivity contribution is 5.98. The number of likely N-dealkylation sites (N-methyl/N-ethyl adjacent to an activating group) is 1. The zero-order valence-electron chi connectivity index (χ0n) is 11.6. The highest BCUT2D eigenvalue weighted by Gasteiger charge is 2.34. The summed E-state index contributed by atoms with van der Waals surface area (Å²) in [4.78, 5) is 22.8. The smallest absolute Gasteiger partial charge is 0.147 e.